The van der Waals surface area contributed by atoms with Crippen molar-refractivity contribution in [3.63, 3.8) is 0 Å². The smallest absolute Gasteiger partial charge is 0.244 e. The lowest BCUT2D eigenvalue weighted by Crippen LogP contribution is -2.47. The molecule has 1 aliphatic heterocycles. The Kier molecular flexibility index (Phi) is 7.47. The molecular weight excluding hydrogens is 456 g/mol. The van der Waals surface area contributed by atoms with Crippen molar-refractivity contribution in [1.82, 2.24) is 25.1 Å². The molecule has 9 heteroatoms. The summed E-state index contributed by atoms with van der Waals surface area (Å²) in [5, 5.41) is 7.13. The van der Waals surface area contributed by atoms with E-state index in [0.29, 0.717) is 18.8 Å². The van der Waals surface area contributed by atoms with Crippen LogP contribution in [0, 0.1) is 6.92 Å². The lowest BCUT2D eigenvalue weighted by atomic mass is 9.99. The number of rotatable bonds is 7. The van der Waals surface area contributed by atoms with E-state index in [9.17, 15) is 14.4 Å². The molecule has 0 bridgehead atoms. The second-order valence-corrected chi connectivity index (χ2v) is 9.37. The summed E-state index contributed by atoms with van der Waals surface area (Å²) < 4.78 is 0. The molecule has 2 heterocycles. The van der Waals surface area contributed by atoms with Gasteiger partial charge in [0, 0.05) is 39.4 Å². The number of likely N-dealkylation sites (N-methyl/N-ethyl adjacent to an activating group) is 1. The molecule has 2 N–H and O–H groups in total. The van der Waals surface area contributed by atoms with Gasteiger partial charge in [0.05, 0.1) is 17.6 Å². The summed E-state index contributed by atoms with van der Waals surface area (Å²) in [5.74, 6) is 0.134. The molecule has 9 nitrogen and oxygen atoms in total. The number of nitrogens with zero attached hydrogens (tertiary/aromatic N) is 4. The number of nitrogens with one attached hydrogen (secondary N) is 2. The number of fused-ring (bicyclic) bond motifs is 1. The van der Waals surface area contributed by atoms with Crippen molar-refractivity contribution >= 4 is 34.4 Å². The zero-order valence-electron chi connectivity index (χ0n) is 21.1. The number of aryl methyl sites for hydroxylation is 1. The Labute approximate surface area is 210 Å². The molecule has 3 aromatic rings. The number of likely N-dealkylation sites (tertiary alicyclic amines) is 1. The van der Waals surface area contributed by atoms with Gasteiger partial charge < -0.3 is 20.4 Å². The highest BCUT2D eigenvalue weighted by Crippen LogP contribution is 2.38. The number of hydrogen-bond acceptors (Lipinski definition) is 6. The molecule has 0 unspecified atom stereocenters. The van der Waals surface area contributed by atoms with E-state index in [2.05, 4.69) is 20.6 Å². The molecule has 0 aliphatic carbocycles. The number of aromatic nitrogens is 2. The molecule has 4 rings (SSSR count). The molecule has 36 heavy (non-hydrogen) atoms. The van der Waals surface area contributed by atoms with E-state index in [0.717, 1.165) is 22.0 Å². The minimum Gasteiger partial charge on any atom is -0.369 e. The van der Waals surface area contributed by atoms with Gasteiger partial charge in [-0.1, -0.05) is 42.0 Å². The first-order chi connectivity index (χ1) is 17.3. The van der Waals surface area contributed by atoms with E-state index in [4.69, 9.17) is 0 Å². The Morgan fingerprint density at radius 2 is 1.83 bits per heavy atom. The normalized spacial score (nSPS) is 19.2. The highest BCUT2D eigenvalue weighted by Gasteiger charge is 2.48. The van der Waals surface area contributed by atoms with Gasteiger partial charge in [0.25, 0.3) is 0 Å². The predicted octanol–water partition coefficient (Wildman–Crippen LogP) is 2.68. The molecular formula is C27H32N6O3. The quantitative estimate of drug-likeness (QED) is 0.530. The molecule has 0 saturated carbocycles. The van der Waals surface area contributed by atoms with Gasteiger partial charge in [-0.05, 0) is 31.0 Å². The fraction of sp³-hybridized carbons (Fsp3) is 0.370. The molecule has 3 amide bonds. The summed E-state index contributed by atoms with van der Waals surface area (Å²) in [6.07, 6.45) is 2.01. The number of amides is 3. The van der Waals surface area contributed by atoms with Crippen LogP contribution in [0.1, 0.15) is 36.9 Å². The van der Waals surface area contributed by atoms with Crippen LogP contribution >= 0.6 is 0 Å². The SMILES string of the molecule is CC(=O)N[C@H]1C[C@@H](C(=O)N(C)C)N(C(=O)CCNc2ncnc3ccc(C)cc23)[C@H]1c1ccccc1. The number of carbonyl (C=O) groups excluding carboxylic acids is 3. The van der Waals surface area contributed by atoms with Crippen molar-refractivity contribution in [2.75, 3.05) is 26.0 Å². The largest absolute Gasteiger partial charge is 0.369 e. The van der Waals surface area contributed by atoms with Gasteiger partial charge in [-0.15, -0.1) is 0 Å². The molecule has 1 aliphatic rings. The fourth-order valence-corrected chi connectivity index (χ4v) is 4.89. The number of benzene rings is 2. The van der Waals surface area contributed by atoms with Gasteiger partial charge in [-0.25, -0.2) is 9.97 Å². The van der Waals surface area contributed by atoms with Crippen molar-refractivity contribution < 1.29 is 14.4 Å². The molecule has 0 spiro atoms. The van der Waals surface area contributed by atoms with Crippen molar-refractivity contribution in [1.29, 1.82) is 0 Å². The average Bonchev–Trinajstić information content (AvgIpc) is 3.22. The lowest BCUT2D eigenvalue weighted by Gasteiger charge is -2.32. The van der Waals surface area contributed by atoms with E-state index in [1.165, 1.54) is 18.2 Å². The highest BCUT2D eigenvalue weighted by molar-refractivity contribution is 5.91. The van der Waals surface area contributed by atoms with Crippen LogP contribution in [0.4, 0.5) is 5.82 Å². The first-order valence-electron chi connectivity index (χ1n) is 12.1. The summed E-state index contributed by atoms with van der Waals surface area (Å²) in [7, 11) is 3.36. The zero-order chi connectivity index (χ0) is 25.8. The maximum atomic E-state index is 13.7. The second-order valence-electron chi connectivity index (χ2n) is 9.37. The van der Waals surface area contributed by atoms with Crippen molar-refractivity contribution in [2.45, 2.75) is 44.8 Å². The Balaban J connectivity index is 1.59. The van der Waals surface area contributed by atoms with Crippen LogP contribution in [0.25, 0.3) is 10.9 Å². The average molecular weight is 489 g/mol. The maximum Gasteiger partial charge on any atom is 0.244 e. The van der Waals surface area contributed by atoms with Crippen LogP contribution in [0.15, 0.2) is 54.9 Å². The van der Waals surface area contributed by atoms with E-state index in [1.54, 1.807) is 19.0 Å². The Bertz CT molecular complexity index is 1260. The maximum absolute atomic E-state index is 13.7. The van der Waals surface area contributed by atoms with Crippen LogP contribution in [-0.2, 0) is 14.4 Å². The van der Waals surface area contributed by atoms with Gasteiger partial charge >= 0.3 is 0 Å². The standard InChI is InChI=1S/C27H32N6O3/c1-17-10-11-21-20(14-17)26(30-16-29-21)28-13-12-24(35)33-23(27(36)32(3)4)15-22(31-18(2)34)25(33)19-8-6-5-7-9-19/h5-11,14,16,22-23,25H,12-13,15H2,1-4H3,(H,31,34)(H,28,29,30)/t22-,23-,25-/m0/s1. The highest BCUT2D eigenvalue weighted by atomic mass is 16.2. The van der Waals surface area contributed by atoms with E-state index >= 15 is 0 Å². The Morgan fingerprint density at radius 1 is 1.08 bits per heavy atom. The summed E-state index contributed by atoms with van der Waals surface area (Å²) >= 11 is 0. The number of anilines is 1. The lowest BCUT2D eigenvalue weighted by molar-refractivity contribution is -0.144. The summed E-state index contributed by atoms with van der Waals surface area (Å²) in [6, 6.07) is 14.0. The number of hydrogen-bond donors (Lipinski definition) is 2. The van der Waals surface area contributed by atoms with Crippen LogP contribution in [0.5, 0.6) is 0 Å². The van der Waals surface area contributed by atoms with Crippen molar-refractivity contribution in [3.8, 4) is 0 Å². The molecule has 2 aromatic carbocycles. The predicted molar refractivity (Wildman–Crippen MR) is 138 cm³/mol. The molecule has 0 radical (unpaired) electrons. The van der Waals surface area contributed by atoms with Crippen LogP contribution in [0.3, 0.4) is 0 Å². The van der Waals surface area contributed by atoms with E-state index in [-0.39, 0.29) is 30.2 Å². The first-order valence-corrected chi connectivity index (χ1v) is 12.1. The molecule has 188 valence electrons. The van der Waals surface area contributed by atoms with Gasteiger partial charge in [-0.3, -0.25) is 14.4 Å². The molecule has 1 saturated heterocycles. The zero-order valence-corrected chi connectivity index (χ0v) is 21.1. The van der Waals surface area contributed by atoms with Crippen molar-refractivity contribution in [3.05, 3.63) is 66.0 Å². The minimum atomic E-state index is -0.669. The number of carbonyl (C=O) groups is 3. The summed E-state index contributed by atoms with van der Waals surface area (Å²) in [4.78, 5) is 50.6. The second kappa shape index (κ2) is 10.7. The third-order valence-corrected chi connectivity index (χ3v) is 6.46. The van der Waals surface area contributed by atoms with Crippen LogP contribution in [0.2, 0.25) is 0 Å². The summed E-state index contributed by atoms with van der Waals surface area (Å²) in [6.45, 7) is 3.79. The van der Waals surface area contributed by atoms with Crippen LogP contribution < -0.4 is 10.6 Å². The van der Waals surface area contributed by atoms with Gasteiger partial charge in [-0.2, -0.15) is 0 Å². The molecule has 1 fully saturated rings. The third-order valence-electron chi connectivity index (χ3n) is 6.46. The monoisotopic (exact) mass is 488 g/mol. The van der Waals surface area contributed by atoms with E-state index in [1.807, 2.05) is 55.5 Å². The van der Waals surface area contributed by atoms with Gasteiger partial charge in [0.15, 0.2) is 0 Å². The Hall–Kier alpha value is -4.01. The molecule has 3 atom stereocenters. The Morgan fingerprint density at radius 3 is 2.53 bits per heavy atom. The fourth-order valence-electron chi connectivity index (χ4n) is 4.89. The first kappa shape index (κ1) is 25.1. The third kappa shape index (κ3) is 5.30. The topological polar surface area (TPSA) is 108 Å². The minimum absolute atomic E-state index is 0.157. The molecule has 1 aromatic heterocycles. The van der Waals surface area contributed by atoms with Crippen LogP contribution in [-0.4, -0.2) is 70.2 Å². The van der Waals surface area contributed by atoms with Gasteiger partial charge in [0.1, 0.15) is 18.2 Å². The van der Waals surface area contributed by atoms with Crippen molar-refractivity contribution in [2.24, 2.45) is 0 Å². The van der Waals surface area contributed by atoms with E-state index < -0.39 is 12.1 Å². The summed E-state index contributed by atoms with van der Waals surface area (Å²) in [5.41, 5.74) is 2.79. The van der Waals surface area contributed by atoms with Gasteiger partial charge in [0.2, 0.25) is 17.7 Å².